The maximum absolute atomic E-state index is 5.52. The fourth-order valence-corrected chi connectivity index (χ4v) is 1.49. The molecule has 86 valence electrons. The Morgan fingerprint density at radius 2 is 2.31 bits per heavy atom. The number of furan rings is 1. The summed E-state index contributed by atoms with van der Waals surface area (Å²) in [7, 11) is 0. The molecule has 0 aliphatic heterocycles. The second-order valence-corrected chi connectivity index (χ2v) is 3.71. The molecule has 2 aromatic rings. The minimum atomic E-state index is 0.191. The van der Waals surface area contributed by atoms with Crippen molar-refractivity contribution in [2.45, 2.75) is 26.3 Å². The number of nitrogens with zero attached hydrogens (tertiary/aromatic N) is 2. The molecular formula is C11H15N3O2. The van der Waals surface area contributed by atoms with E-state index in [1.807, 2.05) is 19.1 Å². The Balaban J connectivity index is 1.78. The van der Waals surface area contributed by atoms with Gasteiger partial charge in [-0.2, -0.15) is 4.98 Å². The van der Waals surface area contributed by atoms with E-state index in [1.54, 1.807) is 0 Å². The zero-order valence-corrected chi connectivity index (χ0v) is 9.43. The van der Waals surface area contributed by atoms with Gasteiger partial charge in [-0.3, -0.25) is 0 Å². The third kappa shape index (κ3) is 2.70. The number of aryl methyl sites for hydroxylation is 1. The first-order valence-corrected chi connectivity index (χ1v) is 5.31. The summed E-state index contributed by atoms with van der Waals surface area (Å²) in [5.74, 6) is 2.53. The Kier molecular flexibility index (Phi) is 3.36. The van der Waals surface area contributed by atoms with E-state index in [2.05, 4.69) is 22.4 Å². The first-order valence-electron chi connectivity index (χ1n) is 5.31. The predicted molar refractivity (Wildman–Crippen MR) is 57.9 cm³/mol. The van der Waals surface area contributed by atoms with Crippen molar-refractivity contribution in [3.05, 3.63) is 35.9 Å². The Bertz CT molecular complexity index is 422. The van der Waals surface area contributed by atoms with Gasteiger partial charge in [-0.05, 0) is 26.0 Å². The van der Waals surface area contributed by atoms with Gasteiger partial charge in [0.05, 0.1) is 6.04 Å². The largest absolute Gasteiger partial charge is 0.465 e. The molecular weight excluding hydrogens is 206 g/mol. The van der Waals surface area contributed by atoms with Crippen LogP contribution in [0.4, 0.5) is 0 Å². The number of aromatic nitrogens is 2. The van der Waals surface area contributed by atoms with Crippen molar-refractivity contribution < 1.29 is 8.94 Å². The topological polar surface area (TPSA) is 64.1 Å². The molecule has 0 bridgehead atoms. The van der Waals surface area contributed by atoms with E-state index in [0.29, 0.717) is 5.89 Å². The van der Waals surface area contributed by atoms with Crippen molar-refractivity contribution in [3.63, 3.8) is 0 Å². The Morgan fingerprint density at radius 3 is 2.94 bits per heavy atom. The second-order valence-electron chi connectivity index (χ2n) is 3.71. The van der Waals surface area contributed by atoms with Gasteiger partial charge in [0.2, 0.25) is 5.89 Å². The maximum Gasteiger partial charge on any atom is 0.227 e. The minimum absolute atomic E-state index is 0.191. The normalized spacial score (nSPS) is 12.9. The average molecular weight is 221 g/mol. The molecule has 5 heteroatoms. The Morgan fingerprint density at radius 1 is 1.44 bits per heavy atom. The molecule has 0 aliphatic rings. The lowest BCUT2D eigenvalue weighted by Gasteiger charge is -2.09. The highest BCUT2D eigenvalue weighted by atomic mass is 16.5. The molecule has 0 aliphatic carbocycles. The first kappa shape index (κ1) is 10.9. The summed E-state index contributed by atoms with van der Waals surface area (Å²) < 4.78 is 10.4. The molecule has 5 nitrogen and oxygen atoms in total. The third-order valence-corrected chi connectivity index (χ3v) is 2.38. The molecule has 2 rings (SSSR count). The lowest BCUT2D eigenvalue weighted by molar-refractivity contribution is 0.366. The third-order valence-electron chi connectivity index (χ3n) is 2.38. The molecule has 1 unspecified atom stereocenters. The molecule has 16 heavy (non-hydrogen) atoms. The lowest BCUT2D eigenvalue weighted by Crippen LogP contribution is -2.21. The van der Waals surface area contributed by atoms with Gasteiger partial charge in [0, 0.05) is 13.0 Å². The van der Waals surface area contributed by atoms with Gasteiger partial charge >= 0.3 is 0 Å². The fourth-order valence-electron chi connectivity index (χ4n) is 1.49. The van der Waals surface area contributed by atoms with Crippen LogP contribution in [-0.2, 0) is 6.42 Å². The molecule has 2 heterocycles. The fraction of sp³-hybridized carbons (Fsp3) is 0.455. The zero-order valence-electron chi connectivity index (χ0n) is 9.43. The summed E-state index contributed by atoms with van der Waals surface area (Å²) in [5, 5.41) is 6.88. The van der Waals surface area contributed by atoms with E-state index in [1.165, 1.54) is 6.33 Å². The van der Waals surface area contributed by atoms with Gasteiger partial charge in [0.15, 0.2) is 6.33 Å². The van der Waals surface area contributed by atoms with Gasteiger partial charge in [-0.15, -0.1) is 0 Å². The van der Waals surface area contributed by atoms with Crippen LogP contribution in [0.15, 0.2) is 27.4 Å². The monoisotopic (exact) mass is 221 g/mol. The maximum atomic E-state index is 5.52. The van der Waals surface area contributed by atoms with Gasteiger partial charge in [0.1, 0.15) is 11.5 Å². The van der Waals surface area contributed by atoms with Gasteiger partial charge in [0.25, 0.3) is 0 Å². The predicted octanol–water partition coefficient (Wildman–Crippen LogP) is 1.86. The quantitative estimate of drug-likeness (QED) is 0.834. The minimum Gasteiger partial charge on any atom is -0.465 e. The molecule has 0 spiro atoms. The molecule has 2 aromatic heterocycles. The van der Waals surface area contributed by atoms with Crippen LogP contribution in [0.1, 0.15) is 30.4 Å². The molecule has 0 saturated heterocycles. The van der Waals surface area contributed by atoms with Crippen LogP contribution in [0.5, 0.6) is 0 Å². The molecule has 0 radical (unpaired) electrons. The highest BCUT2D eigenvalue weighted by molar-refractivity contribution is 5.08. The number of rotatable bonds is 5. The second kappa shape index (κ2) is 4.94. The zero-order chi connectivity index (χ0) is 11.4. The van der Waals surface area contributed by atoms with Crippen molar-refractivity contribution in [2.24, 2.45) is 0 Å². The number of hydrogen-bond acceptors (Lipinski definition) is 5. The number of nitrogens with one attached hydrogen (secondary N) is 1. The molecule has 1 N–H and O–H groups in total. The Labute approximate surface area is 93.8 Å². The summed E-state index contributed by atoms with van der Waals surface area (Å²) in [4.78, 5) is 3.95. The Hall–Kier alpha value is -1.62. The van der Waals surface area contributed by atoms with E-state index in [-0.39, 0.29) is 6.04 Å². The van der Waals surface area contributed by atoms with Crippen LogP contribution in [0.2, 0.25) is 0 Å². The standard InChI is InChI=1S/C11H15N3O2/c1-8-3-4-10(15-8)9(2)12-6-5-11-13-7-14-16-11/h3-4,7,9,12H,5-6H2,1-2H3. The summed E-state index contributed by atoms with van der Waals surface area (Å²) in [6, 6.07) is 4.14. The van der Waals surface area contributed by atoms with Gasteiger partial charge in [-0.25, -0.2) is 0 Å². The smallest absolute Gasteiger partial charge is 0.227 e. The summed E-state index contributed by atoms with van der Waals surface area (Å²) in [6.45, 7) is 4.78. The van der Waals surface area contributed by atoms with Crippen LogP contribution >= 0.6 is 0 Å². The SMILES string of the molecule is Cc1ccc(C(C)NCCc2ncno2)o1. The van der Waals surface area contributed by atoms with Crippen LogP contribution < -0.4 is 5.32 Å². The van der Waals surface area contributed by atoms with Crippen LogP contribution in [0.25, 0.3) is 0 Å². The number of hydrogen-bond donors (Lipinski definition) is 1. The van der Waals surface area contributed by atoms with Crippen molar-refractivity contribution in [1.82, 2.24) is 15.5 Å². The summed E-state index contributed by atoms with van der Waals surface area (Å²) in [5.41, 5.74) is 0. The summed E-state index contributed by atoms with van der Waals surface area (Å²) in [6.07, 6.45) is 2.14. The van der Waals surface area contributed by atoms with Crippen LogP contribution in [0.3, 0.4) is 0 Å². The average Bonchev–Trinajstić information content (AvgIpc) is 2.89. The van der Waals surface area contributed by atoms with Crippen LogP contribution in [0, 0.1) is 6.92 Å². The van der Waals surface area contributed by atoms with E-state index >= 15 is 0 Å². The molecule has 0 aromatic carbocycles. The highest BCUT2D eigenvalue weighted by Crippen LogP contribution is 2.15. The summed E-state index contributed by atoms with van der Waals surface area (Å²) >= 11 is 0. The highest BCUT2D eigenvalue weighted by Gasteiger charge is 2.08. The van der Waals surface area contributed by atoms with Crippen molar-refractivity contribution in [3.8, 4) is 0 Å². The molecule has 0 fully saturated rings. The lowest BCUT2D eigenvalue weighted by atomic mass is 10.2. The first-order chi connectivity index (χ1) is 7.75. The molecule has 0 amide bonds. The van der Waals surface area contributed by atoms with Crippen molar-refractivity contribution in [2.75, 3.05) is 6.54 Å². The van der Waals surface area contributed by atoms with Crippen molar-refractivity contribution >= 4 is 0 Å². The van der Waals surface area contributed by atoms with Crippen LogP contribution in [-0.4, -0.2) is 16.7 Å². The molecule has 0 saturated carbocycles. The van der Waals surface area contributed by atoms with E-state index in [9.17, 15) is 0 Å². The van der Waals surface area contributed by atoms with Gasteiger partial charge in [-0.1, -0.05) is 5.16 Å². The molecule has 1 atom stereocenters. The van der Waals surface area contributed by atoms with E-state index in [4.69, 9.17) is 8.94 Å². The van der Waals surface area contributed by atoms with Gasteiger partial charge < -0.3 is 14.3 Å². The van der Waals surface area contributed by atoms with E-state index in [0.717, 1.165) is 24.5 Å². The van der Waals surface area contributed by atoms with Crippen molar-refractivity contribution in [1.29, 1.82) is 0 Å². The van der Waals surface area contributed by atoms with E-state index < -0.39 is 0 Å².